The number of rotatable bonds is 3. The Bertz CT molecular complexity index is 324. The van der Waals surface area contributed by atoms with Gasteiger partial charge < -0.3 is 5.73 Å². The molecule has 2 saturated heterocycles. The highest BCUT2D eigenvalue weighted by molar-refractivity contribution is 5.09. The van der Waals surface area contributed by atoms with Crippen molar-refractivity contribution in [2.45, 2.75) is 75.9 Å². The molecule has 1 saturated carbocycles. The molecule has 2 unspecified atom stereocenters. The second-order valence-electron chi connectivity index (χ2n) is 7.63. The van der Waals surface area contributed by atoms with Gasteiger partial charge in [-0.1, -0.05) is 13.3 Å². The number of hydrogen-bond donors (Lipinski definition) is 1. The summed E-state index contributed by atoms with van der Waals surface area (Å²) in [6.45, 7) is 5.83. The normalized spacial score (nSPS) is 42.9. The number of nitrogens with zero attached hydrogens (tertiary/aromatic N) is 2. The predicted molar refractivity (Wildman–Crippen MR) is 84.8 cm³/mol. The molecule has 116 valence electrons. The van der Waals surface area contributed by atoms with Gasteiger partial charge in [0.25, 0.3) is 0 Å². The molecule has 2 atom stereocenters. The fourth-order valence-corrected chi connectivity index (χ4v) is 5.16. The Kier molecular flexibility index (Phi) is 4.40. The minimum Gasteiger partial charge on any atom is -0.329 e. The van der Waals surface area contributed by atoms with Crippen LogP contribution < -0.4 is 5.73 Å². The molecule has 0 aromatic carbocycles. The zero-order valence-electron chi connectivity index (χ0n) is 13.5. The van der Waals surface area contributed by atoms with Gasteiger partial charge in [-0.25, -0.2) is 0 Å². The average molecular weight is 279 g/mol. The summed E-state index contributed by atoms with van der Waals surface area (Å²) in [7, 11) is 2.38. The molecule has 0 aromatic heterocycles. The summed E-state index contributed by atoms with van der Waals surface area (Å²) in [6.07, 6.45) is 11.0. The van der Waals surface area contributed by atoms with Crippen LogP contribution in [-0.4, -0.2) is 54.1 Å². The first-order chi connectivity index (χ1) is 9.67. The maximum absolute atomic E-state index is 6.34. The van der Waals surface area contributed by atoms with Crippen molar-refractivity contribution in [3.8, 4) is 0 Å². The molecule has 0 aromatic rings. The van der Waals surface area contributed by atoms with E-state index in [1.54, 1.807) is 0 Å². The highest BCUT2D eigenvalue weighted by Gasteiger charge is 2.51. The van der Waals surface area contributed by atoms with Crippen molar-refractivity contribution in [1.29, 1.82) is 0 Å². The Morgan fingerprint density at radius 3 is 2.55 bits per heavy atom. The van der Waals surface area contributed by atoms with Crippen LogP contribution in [0, 0.1) is 5.92 Å². The molecule has 0 bridgehead atoms. The van der Waals surface area contributed by atoms with Gasteiger partial charge in [0.05, 0.1) is 0 Å². The third kappa shape index (κ3) is 2.42. The monoisotopic (exact) mass is 279 g/mol. The molecule has 0 amide bonds. The first-order valence-corrected chi connectivity index (χ1v) is 8.84. The van der Waals surface area contributed by atoms with Gasteiger partial charge in [0, 0.05) is 30.7 Å². The van der Waals surface area contributed by atoms with Gasteiger partial charge in [-0.05, 0) is 64.5 Å². The molecular formula is C17H33N3. The number of likely N-dealkylation sites (N-methyl/N-ethyl adjacent to an activating group) is 1. The molecule has 20 heavy (non-hydrogen) atoms. The van der Waals surface area contributed by atoms with Crippen molar-refractivity contribution in [1.82, 2.24) is 9.80 Å². The summed E-state index contributed by atoms with van der Waals surface area (Å²) in [6, 6.07) is 1.50. The molecule has 0 radical (unpaired) electrons. The second-order valence-corrected chi connectivity index (χ2v) is 7.63. The van der Waals surface area contributed by atoms with Crippen LogP contribution in [0.5, 0.6) is 0 Å². The van der Waals surface area contributed by atoms with E-state index in [0.29, 0.717) is 0 Å². The van der Waals surface area contributed by atoms with Crippen LogP contribution >= 0.6 is 0 Å². The third-order valence-electron chi connectivity index (χ3n) is 6.65. The molecule has 2 heterocycles. The van der Waals surface area contributed by atoms with E-state index < -0.39 is 0 Å². The van der Waals surface area contributed by atoms with Gasteiger partial charge in [-0.3, -0.25) is 9.80 Å². The molecule has 3 heteroatoms. The van der Waals surface area contributed by atoms with Crippen LogP contribution in [0.3, 0.4) is 0 Å². The lowest BCUT2D eigenvalue weighted by Gasteiger charge is -2.50. The fraction of sp³-hybridized carbons (Fsp3) is 1.00. The van der Waals surface area contributed by atoms with Crippen molar-refractivity contribution in [3.63, 3.8) is 0 Å². The Labute approximate surface area is 124 Å². The average Bonchev–Trinajstić information content (AvgIpc) is 2.87. The molecular weight excluding hydrogens is 246 g/mol. The van der Waals surface area contributed by atoms with Crippen molar-refractivity contribution < 1.29 is 0 Å². The molecule has 3 rings (SSSR count). The van der Waals surface area contributed by atoms with E-state index in [-0.39, 0.29) is 5.54 Å². The van der Waals surface area contributed by atoms with E-state index in [0.717, 1.165) is 24.5 Å². The molecule has 3 aliphatic rings. The number of hydrogen-bond acceptors (Lipinski definition) is 3. The summed E-state index contributed by atoms with van der Waals surface area (Å²) < 4.78 is 0. The number of fused-ring (bicyclic) bond motifs is 1. The first kappa shape index (κ1) is 14.8. The first-order valence-electron chi connectivity index (χ1n) is 8.84. The van der Waals surface area contributed by atoms with Gasteiger partial charge in [0.1, 0.15) is 0 Å². The van der Waals surface area contributed by atoms with Crippen LogP contribution in [0.25, 0.3) is 0 Å². The van der Waals surface area contributed by atoms with E-state index in [1.807, 2.05) is 0 Å². The maximum atomic E-state index is 6.34. The van der Waals surface area contributed by atoms with E-state index >= 15 is 0 Å². The zero-order chi connectivity index (χ0) is 14.2. The molecule has 1 aliphatic carbocycles. The molecule has 3 nitrogen and oxygen atoms in total. The molecule has 2 N–H and O–H groups in total. The molecule has 2 aliphatic heterocycles. The van der Waals surface area contributed by atoms with Gasteiger partial charge in [0.2, 0.25) is 0 Å². The highest BCUT2D eigenvalue weighted by Crippen LogP contribution is 2.41. The van der Waals surface area contributed by atoms with E-state index in [1.165, 1.54) is 64.5 Å². The smallest absolute Gasteiger partial charge is 0.0498 e. The SMILES string of the molecule is CC1CCC(N(C)C2(CN)CCN3CCCCC32)CC1. The Morgan fingerprint density at radius 1 is 1.10 bits per heavy atom. The van der Waals surface area contributed by atoms with Gasteiger partial charge in [-0.15, -0.1) is 0 Å². The topological polar surface area (TPSA) is 32.5 Å². The maximum Gasteiger partial charge on any atom is 0.0498 e. The quantitative estimate of drug-likeness (QED) is 0.861. The van der Waals surface area contributed by atoms with Crippen LogP contribution in [0.4, 0.5) is 0 Å². The minimum atomic E-state index is 0.270. The van der Waals surface area contributed by atoms with E-state index in [9.17, 15) is 0 Å². The van der Waals surface area contributed by atoms with Gasteiger partial charge >= 0.3 is 0 Å². The Morgan fingerprint density at radius 2 is 1.85 bits per heavy atom. The number of piperidine rings is 1. The summed E-state index contributed by atoms with van der Waals surface area (Å²) in [5, 5.41) is 0. The van der Waals surface area contributed by atoms with Crippen LogP contribution in [0.1, 0.15) is 58.3 Å². The Hall–Kier alpha value is -0.120. The second kappa shape index (κ2) is 5.94. The van der Waals surface area contributed by atoms with Crippen molar-refractivity contribution >= 4 is 0 Å². The highest BCUT2D eigenvalue weighted by atomic mass is 15.3. The summed E-state index contributed by atoms with van der Waals surface area (Å²) in [5.41, 5.74) is 6.61. The minimum absolute atomic E-state index is 0.270. The summed E-state index contributed by atoms with van der Waals surface area (Å²) >= 11 is 0. The van der Waals surface area contributed by atoms with Crippen molar-refractivity contribution in [2.75, 3.05) is 26.7 Å². The van der Waals surface area contributed by atoms with Gasteiger partial charge in [0.15, 0.2) is 0 Å². The lowest BCUT2D eigenvalue weighted by molar-refractivity contribution is 0.0112. The lowest BCUT2D eigenvalue weighted by Crippen LogP contribution is -2.63. The third-order valence-corrected chi connectivity index (χ3v) is 6.65. The molecule has 0 spiro atoms. The molecule has 3 fully saturated rings. The standard InChI is InChI=1S/C17H33N3/c1-14-6-8-15(9-7-14)19(2)17(13-18)10-12-20-11-4-3-5-16(17)20/h14-16H,3-13,18H2,1-2H3. The largest absolute Gasteiger partial charge is 0.329 e. The van der Waals surface area contributed by atoms with Crippen molar-refractivity contribution in [2.24, 2.45) is 11.7 Å². The van der Waals surface area contributed by atoms with Crippen LogP contribution in [0.2, 0.25) is 0 Å². The number of nitrogens with two attached hydrogens (primary N) is 1. The van der Waals surface area contributed by atoms with E-state index in [4.69, 9.17) is 5.73 Å². The van der Waals surface area contributed by atoms with Crippen LogP contribution in [-0.2, 0) is 0 Å². The summed E-state index contributed by atoms with van der Waals surface area (Å²) in [4.78, 5) is 5.47. The Balaban J connectivity index is 1.74. The van der Waals surface area contributed by atoms with Gasteiger partial charge in [-0.2, -0.15) is 0 Å². The zero-order valence-corrected chi connectivity index (χ0v) is 13.5. The van der Waals surface area contributed by atoms with Crippen molar-refractivity contribution in [3.05, 3.63) is 0 Å². The fourth-order valence-electron chi connectivity index (χ4n) is 5.16. The van der Waals surface area contributed by atoms with E-state index in [2.05, 4.69) is 23.8 Å². The lowest BCUT2D eigenvalue weighted by atomic mass is 9.79. The van der Waals surface area contributed by atoms with Crippen LogP contribution in [0.15, 0.2) is 0 Å². The summed E-state index contributed by atoms with van der Waals surface area (Å²) in [5.74, 6) is 0.934. The predicted octanol–water partition coefficient (Wildman–Crippen LogP) is 2.45.